The third-order valence-electron chi connectivity index (χ3n) is 4.02. The van der Waals surface area contributed by atoms with E-state index in [4.69, 9.17) is 4.74 Å². The van der Waals surface area contributed by atoms with Crippen LogP contribution in [-0.4, -0.2) is 35.5 Å². The number of anilines is 2. The summed E-state index contributed by atoms with van der Waals surface area (Å²) in [6.45, 7) is 1.98. The van der Waals surface area contributed by atoms with Gasteiger partial charge in [0.25, 0.3) is 5.91 Å². The molecule has 134 valence electrons. The van der Waals surface area contributed by atoms with Crippen molar-refractivity contribution in [2.45, 2.75) is 19.4 Å². The molecule has 1 aliphatic rings. The maximum atomic E-state index is 12.6. The summed E-state index contributed by atoms with van der Waals surface area (Å²) in [5, 5.41) is 12.7. The van der Waals surface area contributed by atoms with Gasteiger partial charge in [-0.1, -0.05) is 12.1 Å². The molecule has 26 heavy (non-hydrogen) atoms. The fraction of sp³-hybridized carbons (Fsp3) is 0.211. The summed E-state index contributed by atoms with van der Waals surface area (Å²) in [6.07, 6.45) is -0.0210. The van der Waals surface area contributed by atoms with E-state index in [0.717, 1.165) is 4.90 Å². The molecule has 1 heterocycles. The predicted octanol–water partition coefficient (Wildman–Crippen LogP) is 2.31. The first-order chi connectivity index (χ1) is 12.5. The van der Waals surface area contributed by atoms with Gasteiger partial charge in [-0.15, -0.1) is 0 Å². The van der Waals surface area contributed by atoms with Crippen LogP contribution in [0.4, 0.5) is 11.4 Å². The molecule has 0 unspecified atom stereocenters. The molecule has 1 fully saturated rings. The molecule has 0 spiro atoms. The number of phenolic OH excluding ortho intramolecular Hbond substituents is 1. The number of para-hydroxylation sites is 2. The third-order valence-corrected chi connectivity index (χ3v) is 4.02. The van der Waals surface area contributed by atoms with Crippen LogP contribution in [0.2, 0.25) is 0 Å². The summed E-state index contributed by atoms with van der Waals surface area (Å²) in [7, 11) is 0. The number of esters is 1. The Morgan fingerprint density at radius 3 is 2.54 bits per heavy atom. The summed E-state index contributed by atoms with van der Waals surface area (Å²) < 4.78 is 4.91. The largest absolute Gasteiger partial charge is 0.506 e. The number of carbonyl (C=O) groups excluding carboxylic acids is 3. The van der Waals surface area contributed by atoms with Gasteiger partial charge in [0.1, 0.15) is 11.8 Å². The van der Waals surface area contributed by atoms with Gasteiger partial charge in [0, 0.05) is 0 Å². The van der Waals surface area contributed by atoms with Gasteiger partial charge in [-0.05, 0) is 43.3 Å². The first-order valence-electron chi connectivity index (χ1n) is 8.19. The van der Waals surface area contributed by atoms with Gasteiger partial charge in [-0.3, -0.25) is 9.59 Å². The van der Waals surface area contributed by atoms with Crippen molar-refractivity contribution in [1.29, 1.82) is 0 Å². The number of nitrogens with one attached hydrogen (secondary N) is 1. The van der Waals surface area contributed by atoms with Crippen LogP contribution in [-0.2, 0) is 14.3 Å². The average Bonchev–Trinajstić information content (AvgIpc) is 2.91. The summed E-state index contributed by atoms with van der Waals surface area (Å²) in [6, 6.07) is 11.8. The number of amides is 2. The maximum absolute atomic E-state index is 12.6. The number of aromatic hydroxyl groups is 1. The highest BCUT2D eigenvalue weighted by molar-refractivity contribution is 6.23. The standard InChI is InChI=1S/C19H18N2O5/c1-2-26-19(25)12-7-9-13(10-8-12)21-17(23)11-15(18(21)24)20-14-5-3-4-6-16(14)22/h3-10,15,20,22H,2,11H2,1H3/t15-/m1/s1. The van der Waals surface area contributed by atoms with Gasteiger partial charge in [0.05, 0.1) is 30.0 Å². The molecular formula is C19H18N2O5. The van der Waals surface area contributed by atoms with Gasteiger partial charge >= 0.3 is 5.97 Å². The molecule has 1 saturated heterocycles. The highest BCUT2D eigenvalue weighted by Gasteiger charge is 2.39. The number of phenols is 1. The Bertz CT molecular complexity index is 847. The Balaban J connectivity index is 1.77. The molecule has 0 radical (unpaired) electrons. The lowest BCUT2D eigenvalue weighted by molar-refractivity contribution is -0.121. The number of imide groups is 1. The first kappa shape index (κ1) is 17.5. The molecule has 0 saturated carbocycles. The summed E-state index contributed by atoms with van der Waals surface area (Å²) in [5.41, 5.74) is 1.12. The molecular weight excluding hydrogens is 336 g/mol. The molecule has 0 bridgehead atoms. The number of carbonyl (C=O) groups is 3. The number of rotatable bonds is 5. The minimum absolute atomic E-state index is 0.00462. The SMILES string of the molecule is CCOC(=O)c1ccc(N2C(=O)C[C@@H](Nc3ccccc3O)C2=O)cc1. The molecule has 2 aromatic rings. The fourth-order valence-corrected chi connectivity index (χ4v) is 2.76. The monoisotopic (exact) mass is 354 g/mol. The predicted molar refractivity (Wildman–Crippen MR) is 95.0 cm³/mol. The van der Waals surface area contributed by atoms with E-state index < -0.39 is 17.9 Å². The Morgan fingerprint density at radius 2 is 1.88 bits per heavy atom. The summed E-state index contributed by atoms with van der Waals surface area (Å²) in [4.78, 5) is 37.7. The van der Waals surface area contributed by atoms with E-state index in [9.17, 15) is 19.5 Å². The molecule has 2 aromatic carbocycles. The lowest BCUT2D eigenvalue weighted by atomic mass is 10.2. The van der Waals surface area contributed by atoms with Crippen LogP contribution in [0.5, 0.6) is 5.75 Å². The lowest BCUT2D eigenvalue weighted by Crippen LogP contribution is -2.34. The van der Waals surface area contributed by atoms with Crippen LogP contribution in [0, 0.1) is 0 Å². The maximum Gasteiger partial charge on any atom is 0.338 e. The van der Waals surface area contributed by atoms with E-state index in [2.05, 4.69) is 5.32 Å². The van der Waals surface area contributed by atoms with Crippen LogP contribution in [0.3, 0.4) is 0 Å². The second kappa shape index (κ2) is 7.26. The molecule has 2 amide bonds. The number of ether oxygens (including phenoxy) is 1. The molecule has 7 heteroatoms. The average molecular weight is 354 g/mol. The topological polar surface area (TPSA) is 95.9 Å². The van der Waals surface area contributed by atoms with E-state index in [0.29, 0.717) is 16.9 Å². The Labute approximate surface area is 150 Å². The molecule has 1 atom stereocenters. The minimum atomic E-state index is -0.763. The fourth-order valence-electron chi connectivity index (χ4n) is 2.76. The smallest absolute Gasteiger partial charge is 0.338 e. The lowest BCUT2D eigenvalue weighted by Gasteiger charge is -2.16. The summed E-state index contributed by atoms with van der Waals surface area (Å²) in [5.74, 6) is -1.23. The number of hydrogen-bond acceptors (Lipinski definition) is 6. The zero-order chi connectivity index (χ0) is 18.7. The highest BCUT2D eigenvalue weighted by Crippen LogP contribution is 2.28. The van der Waals surface area contributed by atoms with Crippen molar-refractivity contribution in [1.82, 2.24) is 0 Å². The molecule has 0 aliphatic carbocycles. The number of hydrogen-bond donors (Lipinski definition) is 2. The van der Waals surface area contributed by atoms with Crippen molar-refractivity contribution in [3.63, 3.8) is 0 Å². The van der Waals surface area contributed by atoms with Crippen LogP contribution in [0.1, 0.15) is 23.7 Å². The van der Waals surface area contributed by atoms with Gasteiger partial charge in [0.15, 0.2) is 0 Å². The second-order valence-corrected chi connectivity index (χ2v) is 5.75. The Kier molecular flexibility index (Phi) is 4.88. The van der Waals surface area contributed by atoms with Crippen molar-refractivity contribution >= 4 is 29.2 Å². The van der Waals surface area contributed by atoms with Crippen molar-refractivity contribution in [2.75, 3.05) is 16.8 Å². The van der Waals surface area contributed by atoms with Crippen molar-refractivity contribution in [3.8, 4) is 5.75 Å². The first-order valence-corrected chi connectivity index (χ1v) is 8.19. The van der Waals surface area contributed by atoms with Crippen molar-refractivity contribution < 1.29 is 24.2 Å². The van der Waals surface area contributed by atoms with Crippen molar-refractivity contribution in [3.05, 3.63) is 54.1 Å². The van der Waals surface area contributed by atoms with Gasteiger partial charge in [-0.25, -0.2) is 9.69 Å². The normalized spacial score (nSPS) is 16.7. The van der Waals surface area contributed by atoms with Gasteiger partial charge in [0.2, 0.25) is 5.91 Å². The van der Waals surface area contributed by atoms with Crippen LogP contribution < -0.4 is 10.2 Å². The summed E-state index contributed by atoms with van der Waals surface area (Å²) >= 11 is 0. The van der Waals surface area contributed by atoms with Crippen LogP contribution in [0.25, 0.3) is 0 Å². The number of nitrogens with zero attached hydrogens (tertiary/aromatic N) is 1. The van der Waals surface area contributed by atoms with E-state index >= 15 is 0 Å². The quantitative estimate of drug-likeness (QED) is 0.486. The zero-order valence-corrected chi connectivity index (χ0v) is 14.1. The zero-order valence-electron chi connectivity index (χ0n) is 14.1. The van der Waals surface area contributed by atoms with E-state index in [1.54, 1.807) is 25.1 Å². The Morgan fingerprint density at radius 1 is 1.19 bits per heavy atom. The third kappa shape index (κ3) is 3.37. The minimum Gasteiger partial charge on any atom is -0.506 e. The molecule has 3 rings (SSSR count). The van der Waals surface area contributed by atoms with E-state index in [-0.39, 0.29) is 24.7 Å². The van der Waals surface area contributed by atoms with Crippen LogP contribution >= 0.6 is 0 Å². The van der Waals surface area contributed by atoms with Gasteiger partial charge in [-0.2, -0.15) is 0 Å². The van der Waals surface area contributed by atoms with Crippen LogP contribution in [0.15, 0.2) is 48.5 Å². The van der Waals surface area contributed by atoms with E-state index in [1.807, 2.05) is 0 Å². The molecule has 7 nitrogen and oxygen atoms in total. The van der Waals surface area contributed by atoms with Crippen molar-refractivity contribution in [2.24, 2.45) is 0 Å². The number of benzene rings is 2. The second-order valence-electron chi connectivity index (χ2n) is 5.75. The Hall–Kier alpha value is -3.35. The highest BCUT2D eigenvalue weighted by atomic mass is 16.5. The molecule has 1 aliphatic heterocycles. The van der Waals surface area contributed by atoms with Gasteiger partial charge < -0.3 is 15.2 Å². The molecule has 0 aromatic heterocycles. The van der Waals surface area contributed by atoms with E-state index in [1.165, 1.54) is 30.3 Å². The molecule has 2 N–H and O–H groups in total.